The van der Waals surface area contributed by atoms with Crippen LogP contribution in [0.25, 0.3) is 0 Å². The molecule has 1 heterocycles. The van der Waals surface area contributed by atoms with Gasteiger partial charge in [-0.15, -0.1) is 0 Å². The minimum atomic E-state index is -0.820. The van der Waals surface area contributed by atoms with Gasteiger partial charge in [0.2, 0.25) is 11.8 Å². The van der Waals surface area contributed by atoms with Gasteiger partial charge in [-0.05, 0) is 66.4 Å². The van der Waals surface area contributed by atoms with Crippen molar-refractivity contribution in [1.82, 2.24) is 26.3 Å². The molecule has 0 unspecified atom stereocenters. The minimum absolute atomic E-state index is 0.0205. The SMILES string of the molecule is CN[C@H](C(=O)N[C@@H](CCCNC(N)=O)C(=O)Nc1ccc(COC(=O)NCCSSc2ccccn2)cc1)C(C)C. The number of anilines is 1. The number of ether oxygens (including phenoxy) is 1. The van der Waals surface area contributed by atoms with Gasteiger partial charge in [0.15, 0.2) is 0 Å². The Hall–Kier alpha value is -3.49. The Morgan fingerprint density at radius 2 is 1.76 bits per heavy atom. The molecule has 0 spiro atoms. The lowest BCUT2D eigenvalue weighted by Gasteiger charge is -2.24. The number of pyridine rings is 1. The van der Waals surface area contributed by atoms with E-state index in [9.17, 15) is 19.2 Å². The van der Waals surface area contributed by atoms with Gasteiger partial charge in [0, 0.05) is 30.7 Å². The van der Waals surface area contributed by atoms with Crippen molar-refractivity contribution in [2.75, 3.05) is 31.2 Å². The van der Waals surface area contributed by atoms with Gasteiger partial charge in [-0.1, -0.05) is 42.8 Å². The second-order valence-corrected chi connectivity index (χ2v) is 11.7. The van der Waals surface area contributed by atoms with E-state index in [1.54, 1.807) is 59.1 Å². The highest BCUT2D eigenvalue weighted by atomic mass is 33.1. The zero-order chi connectivity index (χ0) is 30.0. The number of likely N-dealkylation sites (N-methyl/N-ethyl adjacent to an activating group) is 1. The molecule has 0 bridgehead atoms. The molecule has 1 aromatic heterocycles. The third kappa shape index (κ3) is 13.6. The van der Waals surface area contributed by atoms with Gasteiger partial charge in [-0.25, -0.2) is 14.6 Å². The third-order valence-electron chi connectivity index (χ3n) is 5.69. The number of rotatable bonds is 17. The minimum Gasteiger partial charge on any atom is -0.445 e. The molecule has 0 aliphatic carbocycles. The molecule has 2 rings (SSSR count). The molecule has 14 heteroatoms. The van der Waals surface area contributed by atoms with E-state index in [4.69, 9.17) is 10.5 Å². The standard InChI is InChI=1S/C27H39N7O5S2/c1-18(2)23(29-3)25(36)34-21(7-6-14-31-26(28)37)24(35)33-20-11-9-19(10-12-20)17-39-27(38)32-15-16-40-41-22-8-4-5-13-30-22/h4-5,8-13,18,21,23,29H,6-7,14-17H2,1-3H3,(H,32,38)(H,33,35)(H,34,36)(H3,28,31,37)/t21-,23-/m0/s1. The molecule has 0 saturated carbocycles. The molecule has 41 heavy (non-hydrogen) atoms. The summed E-state index contributed by atoms with van der Waals surface area (Å²) in [5.41, 5.74) is 6.37. The topological polar surface area (TPSA) is 177 Å². The number of nitrogens with two attached hydrogens (primary N) is 1. The van der Waals surface area contributed by atoms with Gasteiger partial charge in [-0.3, -0.25) is 9.59 Å². The van der Waals surface area contributed by atoms with E-state index in [0.717, 1.165) is 10.6 Å². The van der Waals surface area contributed by atoms with E-state index in [-0.39, 0.29) is 25.0 Å². The molecular weight excluding hydrogens is 566 g/mol. The highest BCUT2D eigenvalue weighted by molar-refractivity contribution is 8.76. The summed E-state index contributed by atoms with van der Waals surface area (Å²) in [5, 5.41) is 14.7. The monoisotopic (exact) mass is 605 g/mol. The van der Waals surface area contributed by atoms with Crippen LogP contribution in [0.3, 0.4) is 0 Å². The molecule has 0 aliphatic rings. The van der Waals surface area contributed by atoms with Crippen molar-refractivity contribution in [3.05, 3.63) is 54.2 Å². The van der Waals surface area contributed by atoms with Crippen LogP contribution in [-0.2, 0) is 20.9 Å². The average Bonchev–Trinajstić information content (AvgIpc) is 2.94. The molecule has 2 aromatic rings. The van der Waals surface area contributed by atoms with Crippen molar-refractivity contribution in [2.45, 2.75) is 50.4 Å². The molecule has 1 aromatic carbocycles. The summed E-state index contributed by atoms with van der Waals surface area (Å²) in [6, 6.07) is 10.6. The Morgan fingerprint density at radius 1 is 1.00 bits per heavy atom. The number of hydrogen-bond donors (Lipinski definition) is 6. The number of primary amides is 1. The van der Waals surface area contributed by atoms with Gasteiger partial charge < -0.3 is 37.1 Å². The van der Waals surface area contributed by atoms with Crippen LogP contribution in [-0.4, -0.2) is 66.9 Å². The number of urea groups is 1. The lowest BCUT2D eigenvalue weighted by atomic mass is 10.0. The highest BCUT2D eigenvalue weighted by Gasteiger charge is 2.26. The van der Waals surface area contributed by atoms with Crippen molar-refractivity contribution < 1.29 is 23.9 Å². The summed E-state index contributed by atoms with van der Waals surface area (Å²) in [7, 11) is 4.82. The summed E-state index contributed by atoms with van der Waals surface area (Å²) in [6.07, 6.45) is 1.95. The number of nitrogens with one attached hydrogen (secondary N) is 5. The normalized spacial score (nSPS) is 12.2. The van der Waals surface area contributed by atoms with Crippen LogP contribution in [0, 0.1) is 5.92 Å². The van der Waals surface area contributed by atoms with Crippen molar-refractivity contribution in [2.24, 2.45) is 11.7 Å². The lowest BCUT2D eigenvalue weighted by molar-refractivity contribution is -0.128. The third-order valence-corrected chi connectivity index (χ3v) is 7.96. The number of benzene rings is 1. The van der Waals surface area contributed by atoms with E-state index in [1.165, 1.54) is 0 Å². The van der Waals surface area contributed by atoms with Gasteiger partial charge in [-0.2, -0.15) is 0 Å². The maximum absolute atomic E-state index is 13.0. The molecule has 0 aliphatic heterocycles. The predicted octanol–water partition coefficient (Wildman–Crippen LogP) is 2.86. The Kier molecular flexibility index (Phi) is 15.4. The smallest absolute Gasteiger partial charge is 0.407 e. The molecule has 224 valence electrons. The summed E-state index contributed by atoms with van der Waals surface area (Å²) >= 11 is 0. The zero-order valence-corrected chi connectivity index (χ0v) is 25.1. The van der Waals surface area contributed by atoms with Gasteiger partial charge in [0.05, 0.1) is 6.04 Å². The Bertz CT molecular complexity index is 1110. The number of alkyl carbamates (subject to hydrolysis) is 1. The lowest BCUT2D eigenvalue weighted by Crippen LogP contribution is -2.52. The fourth-order valence-electron chi connectivity index (χ4n) is 3.62. The maximum atomic E-state index is 13.0. The number of amides is 5. The fourth-order valence-corrected chi connectivity index (χ4v) is 5.41. The molecule has 7 N–H and O–H groups in total. The first-order valence-electron chi connectivity index (χ1n) is 13.2. The zero-order valence-electron chi connectivity index (χ0n) is 23.5. The Morgan fingerprint density at radius 3 is 2.39 bits per heavy atom. The number of carbonyl (C=O) groups excluding carboxylic acids is 4. The van der Waals surface area contributed by atoms with Crippen LogP contribution in [0.15, 0.2) is 53.7 Å². The van der Waals surface area contributed by atoms with Crippen LogP contribution in [0.5, 0.6) is 0 Å². The van der Waals surface area contributed by atoms with Gasteiger partial charge in [0.25, 0.3) is 0 Å². The van der Waals surface area contributed by atoms with Crippen LogP contribution in [0.2, 0.25) is 0 Å². The van der Waals surface area contributed by atoms with Crippen LogP contribution < -0.4 is 32.3 Å². The van der Waals surface area contributed by atoms with E-state index in [2.05, 4.69) is 31.6 Å². The Balaban J connectivity index is 1.80. The van der Waals surface area contributed by atoms with Gasteiger partial charge in [0.1, 0.15) is 17.7 Å². The first-order valence-corrected chi connectivity index (χ1v) is 15.5. The first-order chi connectivity index (χ1) is 19.7. The number of hydrogen-bond acceptors (Lipinski definition) is 9. The maximum Gasteiger partial charge on any atom is 0.407 e. The van der Waals surface area contributed by atoms with Crippen molar-refractivity contribution in [1.29, 1.82) is 0 Å². The van der Waals surface area contributed by atoms with E-state index >= 15 is 0 Å². The van der Waals surface area contributed by atoms with Gasteiger partial charge >= 0.3 is 12.1 Å². The van der Waals surface area contributed by atoms with Crippen LogP contribution in [0.1, 0.15) is 32.3 Å². The number of nitrogens with zero attached hydrogens (tertiary/aromatic N) is 1. The van der Waals surface area contributed by atoms with E-state index in [0.29, 0.717) is 30.8 Å². The molecule has 5 amide bonds. The van der Waals surface area contributed by atoms with Crippen LogP contribution in [0.4, 0.5) is 15.3 Å². The number of carbonyl (C=O) groups is 4. The quantitative estimate of drug-likeness (QED) is 0.117. The summed E-state index contributed by atoms with van der Waals surface area (Å²) in [5.74, 6) is 0.0356. The second kappa shape index (κ2) is 18.8. The fraction of sp³-hybridized carbons (Fsp3) is 0.444. The predicted molar refractivity (Wildman–Crippen MR) is 162 cm³/mol. The summed E-state index contributed by atoms with van der Waals surface area (Å²) in [4.78, 5) is 53.0. The molecule has 0 saturated heterocycles. The molecular formula is C27H39N7O5S2. The van der Waals surface area contributed by atoms with Crippen molar-refractivity contribution in [3.63, 3.8) is 0 Å². The van der Waals surface area contributed by atoms with E-state index < -0.39 is 30.1 Å². The second-order valence-electron chi connectivity index (χ2n) is 9.27. The molecule has 12 nitrogen and oxygen atoms in total. The van der Waals surface area contributed by atoms with Crippen molar-refractivity contribution in [3.8, 4) is 0 Å². The van der Waals surface area contributed by atoms with E-state index in [1.807, 2.05) is 32.0 Å². The van der Waals surface area contributed by atoms with Crippen LogP contribution >= 0.6 is 21.6 Å². The van der Waals surface area contributed by atoms with Crippen molar-refractivity contribution >= 4 is 51.2 Å². The summed E-state index contributed by atoms with van der Waals surface area (Å²) < 4.78 is 5.26. The first kappa shape index (κ1) is 33.7. The average molecular weight is 606 g/mol. The molecule has 0 radical (unpaired) electrons. The summed E-state index contributed by atoms with van der Waals surface area (Å²) in [6.45, 7) is 4.62. The largest absolute Gasteiger partial charge is 0.445 e. The number of aromatic nitrogens is 1. The highest BCUT2D eigenvalue weighted by Crippen LogP contribution is 2.28. The Labute approximate surface area is 248 Å². The molecule has 2 atom stereocenters. The molecule has 0 fully saturated rings.